The first-order chi connectivity index (χ1) is 5.31. The van der Waals surface area contributed by atoms with Crippen molar-refractivity contribution in [3.05, 3.63) is 6.54 Å². The molecular formula is C8H19N2O. The summed E-state index contributed by atoms with van der Waals surface area (Å²) < 4.78 is 0. The van der Waals surface area contributed by atoms with Crippen LogP contribution in [0.2, 0.25) is 0 Å². The fourth-order valence-electron chi connectivity index (χ4n) is 0.506. The molecule has 0 aromatic rings. The summed E-state index contributed by atoms with van der Waals surface area (Å²) in [4.78, 5) is 5.19. The molecule has 0 saturated heterocycles. The van der Waals surface area contributed by atoms with Gasteiger partial charge in [0.25, 0.3) is 0 Å². The minimum Gasteiger partial charge on any atom is -0.315 e. The summed E-state index contributed by atoms with van der Waals surface area (Å²) in [6, 6.07) is 0. The van der Waals surface area contributed by atoms with E-state index in [0.717, 1.165) is 19.5 Å². The van der Waals surface area contributed by atoms with E-state index in [-0.39, 0.29) is 6.10 Å². The molecule has 0 heterocycles. The van der Waals surface area contributed by atoms with Gasteiger partial charge in [0.05, 0.1) is 12.6 Å². The van der Waals surface area contributed by atoms with Crippen molar-refractivity contribution in [2.24, 2.45) is 0 Å². The first-order valence-corrected chi connectivity index (χ1v) is 4.24. The lowest BCUT2D eigenvalue weighted by Gasteiger charge is -2.10. The van der Waals surface area contributed by atoms with Gasteiger partial charge in [0, 0.05) is 6.54 Å². The Morgan fingerprint density at radius 2 is 2.18 bits per heavy atom. The van der Waals surface area contributed by atoms with Gasteiger partial charge in [0.15, 0.2) is 0 Å². The summed E-state index contributed by atoms with van der Waals surface area (Å²) in [5, 5.41) is 3.14. The summed E-state index contributed by atoms with van der Waals surface area (Å²) in [5.74, 6) is 0. The first kappa shape index (κ1) is 10.9. The second-order valence-corrected chi connectivity index (χ2v) is 2.47. The summed E-state index contributed by atoms with van der Waals surface area (Å²) in [7, 11) is 0. The van der Waals surface area contributed by atoms with Crippen LogP contribution in [0.5, 0.6) is 0 Å². The maximum absolute atomic E-state index is 5.19. The van der Waals surface area contributed by atoms with Crippen LogP contribution in [0.4, 0.5) is 0 Å². The van der Waals surface area contributed by atoms with Crippen molar-refractivity contribution in [3.8, 4) is 0 Å². The van der Waals surface area contributed by atoms with Gasteiger partial charge >= 0.3 is 0 Å². The van der Waals surface area contributed by atoms with Crippen molar-refractivity contribution >= 4 is 0 Å². The van der Waals surface area contributed by atoms with Crippen LogP contribution < -0.4 is 10.8 Å². The van der Waals surface area contributed by atoms with Crippen LogP contribution in [0.1, 0.15) is 27.2 Å². The lowest BCUT2D eigenvalue weighted by Crippen LogP contribution is -2.25. The van der Waals surface area contributed by atoms with Gasteiger partial charge in [-0.15, -0.1) is 0 Å². The summed E-state index contributed by atoms with van der Waals surface area (Å²) in [6.07, 6.45) is 1.31. The van der Waals surface area contributed by atoms with Crippen molar-refractivity contribution in [1.82, 2.24) is 10.8 Å². The second-order valence-electron chi connectivity index (χ2n) is 2.47. The molecule has 0 aromatic carbocycles. The zero-order valence-corrected chi connectivity index (χ0v) is 7.68. The average molecular weight is 159 g/mol. The molecule has 0 aliphatic heterocycles. The molecule has 0 fully saturated rings. The van der Waals surface area contributed by atoms with Gasteiger partial charge in [-0.05, 0) is 19.9 Å². The van der Waals surface area contributed by atoms with E-state index in [2.05, 4.69) is 24.6 Å². The molecule has 1 atom stereocenters. The van der Waals surface area contributed by atoms with Gasteiger partial charge in [0.1, 0.15) is 0 Å². The lowest BCUT2D eigenvalue weighted by atomic mass is 10.3. The fourth-order valence-corrected chi connectivity index (χ4v) is 0.506. The SMILES string of the molecule is CCNC[CH]NOC(C)CC. The first-order valence-electron chi connectivity index (χ1n) is 4.24. The number of rotatable bonds is 7. The monoisotopic (exact) mass is 159 g/mol. The highest BCUT2D eigenvalue weighted by Crippen LogP contribution is 1.91. The van der Waals surface area contributed by atoms with Gasteiger partial charge in [-0.25, -0.2) is 0 Å². The number of hydrogen-bond donors (Lipinski definition) is 2. The highest BCUT2D eigenvalue weighted by molar-refractivity contribution is 4.58. The van der Waals surface area contributed by atoms with Crippen molar-refractivity contribution < 1.29 is 4.84 Å². The third kappa shape index (κ3) is 7.78. The molecule has 0 amide bonds. The molecule has 0 saturated carbocycles. The van der Waals surface area contributed by atoms with E-state index < -0.39 is 0 Å². The topological polar surface area (TPSA) is 33.3 Å². The molecule has 3 heteroatoms. The van der Waals surface area contributed by atoms with E-state index in [0.29, 0.717) is 0 Å². The third-order valence-corrected chi connectivity index (χ3v) is 1.42. The average Bonchev–Trinajstić information content (AvgIpc) is 2.04. The molecule has 0 bridgehead atoms. The van der Waals surface area contributed by atoms with E-state index in [1.54, 1.807) is 0 Å². The summed E-state index contributed by atoms with van der Waals surface area (Å²) >= 11 is 0. The quantitative estimate of drug-likeness (QED) is 0.431. The van der Waals surface area contributed by atoms with Crippen molar-refractivity contribution in [1.29, 1.82) is 0 Å². The Morgan fingerprint density at radius 3 is 2.73 bits per heavy atom. The number of hydroxylamine groups is 1. The third-order valence-electron chi connectivity index (χ3n) is 1.42. The van der Waals surface area contributed by atoms with Crippen LogP contribution in [0.25, 0.3) is 0 Å². The molecular weight excluding hydrogens is 140 g/mol. The smallest absolute Gasteiger partial charge is 0.0759 e. The van der Waals surface area contributed by atoms with Crippen molar-refractivity contribution in [3.63, 3.8) is 0 Å². The molecule has 0 aliphatic rings. The minimum absolute atomic E-state index is 0.285. The van der Waals surface area contributed by atoms with Crippen LogP contribution in [0.3, 0.4) is 0 Å². The van der Waals surface area contributed by atoms with Crippen molar-refractivity contribution in [2.75, 3.05) is 13.1 Å². The van der Waals surface area contributed by atoms with Crippen molar-refractivity contribution in [2.45, 2.75) is 33.3 Å². The van der Waals surface area contributed by atoms with E-state index in [1.807, 2.05) is 13.5 Å². The largest absolute Gasteiger partial charge is 0.315 e. The van der Waals surface area contributed by atoms with Gasteiger partial charge < -0.3 is 5.32 Å². The Kier molecular flexibility index (Phi) is 7.89. The molecule has 1 radical (unpaired) electrons. The minimum atomic E-state index is 0.285. The van der Waals surface area contributed by atoms with E-state index >= 15 is 0 Å². The molecule has 0 aliphatic carbocycles. The zero-order valence-electron chi connectivity index (χ0n) is 7.68. The number of likely N-dealkylation sites (N-methyl/N-ethyl adjacent to an activating group) is 1. The lowest BCUT2D eigenvalue weighted by molar-refractivity contribution is -0.00208. The normalized spacial score (nSPS) is 13.4. The molecule has 2 N–H and O–H groups in total. The van der Waals surface area contributed by atoms with Crippen LogP contribution >= 0.6 is 0 Å². The Morgan fingerprint density at radius 1 is 1.45 bits per heavy atom. The highest BCUT2D eigenvalue weighted by atomic mass is 16.7. The standard InChI is InChI=1S/C8H19N2O/c1-4-8(3)11-10-7-6-9-5-2/h7-10H,4-6H2,1-3H3. The molecule has 0 spiro atoms. The Labute approximate surface area is 69.5 Å². The fraction of sp³-hybridized carbons (Fsp3) is 0.875. The predicted octanol–water partition coefficient (Wildman–Crippen LogP) is 1.08. The Bertz CT molecular complexity index is 78.5. The second kappa shape index (κ2) is 7.98. The molecule has 0 rings (SSSR count). The van der Waals surface area contributed by atoms with Crippen LogP contribution in [-0.2, 0) is 4.84 Å². The van der Waals surface area contributed by atoms with Crippen LogP contribution in [0.15, 0.2) is 0 Å². The van der Waals surface area contributed by atoms with Crippen LogP contribution in [0, 0.1) is 6.54 Å². The number of nitrogens with one attached hydrogen (secondary N) is 2. The molecule has 67 valence electrons. The van der Waals surface area contributed by atoms with Gasteiger partial charge in [-0.2, -0.15) is 5.48 Å². The molecule has 11 heavy (non-hydrogen) atoms. The number of hydrogen-bond acceptors (Lipinski definition) is 3. The van der Waals surface area contributed by atoms with E-state index in [4.69, 9.17) is 4.84 Å². The van der Waals surface area contributed by atoms with E-state index in [1.165, 1.54) is 0 Å². The van der Waals surface area contributed by atoms with Gasteiger partial charge in [0.2, 0.25) is 0 Å². The Hall–Kier alpha value is -0.120. The predicted molar refractivity (Wildman–Crippen MR) is 46.8 cm³/mol. The summed E-state index contributed by atoms with van der Waals surface area (Å²) in [6.45, 7) is 9.90. The molecule has 0 aromatic heterocycles. The van der Waals surface area contributed by atoms with Crippen LogP contribution in [-0.4, -0.2) is 19.2 Å². The highest BCUT2D eigenvalue weighted by Gasteiger charge is 1.95. The maximum atomic E-state index is 5.19. The van der Waals surface area contributed by atoms with E-state index in [9.17, 15) is 0 Å². The Balaban J connectivity index is 2.89. The molecule has 3 nitrogen and oxygen atoms in total. The summed E-state index contributed by atoms with van der Waals surface area (Å²) in [5.41, 5.74) is 2.78. The maximum Gasteiger partial charge on any atom is 0.0759 e. The molecule has 1 unspecified atom stereocenters. The van der Waals surface area contributed by atoms with Gasteiger partial charge in [-0.3, -0.25) is 4.84 Å². The van der Waals surface area contributed by atoms with Gasteiger partial charge in [-0.1, -0.05) is 13.8 Å². The zero-order chi connectivity index (χ0) is 8.53.